The molecule has 1 fully saturated rings. The van der Waals surface area contributed by atoms with Gasteiger partial charge < -0.3 is 9.30 Å². The summed E-state index contributed by atoms with van der Waals surface area (Å²) >= 11 is 1.87. The van der Waals surface area contributed by atoms with E-state index in [4.69, 9.17) is 4.74 Å². The summed E-state index contributed by atoms with van der Waals surface area (Å²) in [6.45, 7) is 8.30. The fraction of sp³-hybridized carbons (Fsp3) is 0.611. The van der Waals surface area contributed by atoms with E-state index < -0.39 is 0 Å². The molecule has 140 valence electrons. The highest BCUT2D eigenvalue weighted by Crippen LogP contribution is 2.37. The van der Waals surface area contributed by atoms with Crippen LogP contribution in [0.5, 0.6) is 0 Å². The second-order valence-electron chi connectivity index (χ2n) is 7.34. The molecule has 2 aliphatic rings. The summed E-state index contributed by atoms with van der Waals surface area (Å²) in [5.74, 6) is 1.80. The third kappa shape index (κ3) is 3.01. The zero-order valence-electron chi connectivity index (χ0n) is 15.6. The summed E-state index contributed by atoms with van der Waals surface area (Å²) in [7, 11) is 1.44. The molecule has 26 heavy (non-hydrogen) atoms. The number of amides is 1. The first-order valence-electron chi connectivity index (χ1n) is 9.03. The van der Waals surface area contributed by atoms with Gasteiger partial charge in [-0.1, -0.05) is 0 Å². The van der Waals surface area contributed by atoms with Crippen molar-refractivity contribution in [2.45, 2.75) is 45.3 Å². The van der Waals surface area contributed by atoms with Crippen LogP contribution in [0.25, 0.3) is 0 Å². The van der Waals surface area contributed by atoms with Crippen LogP contribution in [0.3, 0.4) is 0 Å². The fourth-order valence-corrected chi connectivity index (χ4v) is 5.27. The van der Waals surface area contributed by atoms with Crippen LogP contribution in [-0.4, -0.2) is 57.4 Å². The van der Waals surface area contributed by atoms with E-state index in [-0.39, 0.29) is 11.6 Å². The Bertz CT molecular complexity index is 806. The number of aromatic nitrogens is 3. The molecule has 0 N–H and O–H groups in total. The van der Waals surface area contributed by atoms with Crippen LogP contribution in [0, 0.1) is 13.8 Å². The van der Waals surface area contributed by atoms with E-state index in [1.807, 2.05) is 18.3 Å². The van der Waals surface area contributed by atoms with E-state index in [9.17, 15) is 4.79 Å². The second-order valence-corrected chi connectivity index (χ2v) is 8.71. The third-order valence-corrected chi connectivity index (χ3v) is 6.56. The van der Waals surface area contributed by atoms with Crippen LogP contribution in [0.15, 0.2) is 12.1 Å². The van der Waals surface area contributed by atoms with Gasteiger partial charge in [0.2, 0.25) is 0 Å². The summed E-state index contributed by atoms with van der Waals surface area (Å²) in [4.78, 5) is 19.2. The lowest BCUT2D eigenvalue weighted by molar-refractivity contribution is 0.0322. The van der Waals surface area contributed by atoms with Crippen LogP contribution in [0.1, 0.15) is 34.2 Å². The highest BCUT2D eigenvalue weighted by atomic mass is 32.1. The smallest absolute Gasteiger partial charge is 0.409 e. The first kappa shape index (κ1) is 17.5. The fourth-order valence-electron chi connectivity index (χ4n) is 4.34. The van der Waals surface area contributed by atoms with Gasteiger partial charge in [-0.3, -0.25) is 9.80 Å². The van der Waals surface area contributed by atoms with Crippen LogP contribution in [0.4, 0.5) is 4.79 Å². The summed E-state index contributed by atoms with van der Waals surface area (Å²) < 4.78 is 7.25. The zero-order valence-corrected chi connectivity index (χ0v) is 16.4. The molecule has 0 unspecified atom stereocenters. The Morgan fingerprint density at radius 2 is 2.04 bits per heavy atom. The van der Waals surface area contributed by atoms with Gasteiger partial charge in [0.1, 0.15) is 5.82 Å². The maximum atomic E-state index is 12.2. The summed E-state index contributed by atoms with van der Waals surface area (Å²) in [6, 6.07) is 4.42. The summed E-state index contributed by atoms with van der Waals surface area (Å²) in [5, 5.41) is 8.59. The van der Waals surface area contributed by atoms with Gasteiger partial charge in [-0.05, 0) is 38.8 Å². The molecule has 2 aromatic heterocycles. The number of hydrogen-bond donors (Lipinski definition) is 0. The molecule has 1 amide bonds. The van der Waals surface area contributed by atoms with Gasteiger partial charge in [0.05, 0.1) is 19.2 Å². The number of methoxy groups -OCH3 is 1. The number of thiophene rings is 1. The number of rotatable bonds is 2. The maximum Gasteiger partial charge on any atom is 0.409 e. The number of carbonyl (C=O) groups excluding carboxylic acids is 1. The van der Waals surface area contributed by atoms with Gasteiger partial charge in [-0.2, -0.15) is 0 Å². The standard InChI is InChI=1S/C18H25N5O2S/c1-13-4-5-15(26-13)10-21-8-6-18(7-9-21)12-22(17(24)25-3)11-16-20-19-14(2)23(16)18/h4-5H,6-12H2,1-3H3. The van der Waals surface area contributed by atoms with E-state index in [1.54, 1.807) is 4.90 Å². The predicted octanol–water partition coefficient (Wildman–Crippen LogP) is 2.53. The number of nitrogens with zero attached hydrogens (tertiary/aromatic N) is 5. The van der Waals surface area contributed by atoms with E-state index in [2.05, 4.69) is 38.7 Å². The van der Waals surface area contributed by atoms with Crippen molar-refractivity contribution in [1.29, 1.82) is 0 Å². The Kier molecular flexibility index (Phi) is 4.48. The highest BCUT2D eigenvalue weighted by molar-refractivity contribution is 7.11. The molecule has 0 bridgehead atoms. The van der Waals surface area contributed by atoms with Gasteiger partial charge in [-0.25, -0.2) is 4.79 Å². The van der Waals surface area contributed by atoms with Crippen molar-refractivity contribution >= 4 is 17.4 Å². The molecular weight excluding hydrogens is 350 g/mol. The van der Waals surface area contributed by atoms with Crippen LogP contribution < -0.4 is 0 Å². The third-order valence-electron chi connectivity index (χ3n) is 5.58. The number of fused-ring (bicyclic) bond motifs is 2. The topological polar surface area (TPSA) is 63.5 Å². The molecule has 8 heteroatoms. The van der Waals surface area contributed by atoms with Crippen molar-refractivity contribution in [1.82, 2.24) is 24.6 Å². The Morgan fingerprint density at radius 1 is 1.27 bits per heavy atom. The predicted molar refractivity (Wildman–Crippen MR) is 99.1 cm³/mol. The second kappa shape index (κ2) is 6.66. The largest absolute Gasteiger partial charge is 0.453 e. The minimum atomic E-state index is -0.284. The van der Waals surface area contributed by atoms with Gasteiger partial charge in [0, 0.05) is 35.9 Å². The summed E-state index contributed by atoms with van der Waals surface area (Å²) in [5.41, 5.74) is -0.128. The number of ether oxygens (including phenoxy) is 1. The molecule has 2 aliphatic heterocycles. The molecule has 1 spiro atoms. The van der Waals surface area contributed by atoms with E-state index in [1.165, 1.54) is 16.9 Å². The van der Waals surface area contributed by atoms with Crippen LogP contribution in [0.2, 0.25) is 0 Å². The zero-order chi connectivity index (χ0) is 18.3. The lowest BCUT2D eigenvalue weighted by atomic mass is 9.84. The quantitative estimate of drug-likeness (QED) is 0.807. The molecule has 0 atom stereocenters. The highest BCUT2D eigenvalue weighted by Gasteiger charge is 2.45. The first-order chi connectivity index (χ1) is 12.5. The van der Waals surface area contributed by atoms with E-state index in [0.29, 0.717) is 13.1 Å². The van der Waals surface area contributed by atoms with E-state index >= 15 is 0 Å². The molecule has 7 nitrogen and oxygen atoms in total. The van der Waals surface area contributed by atoms with Crippen LogP contribution >= 0.6 is 11.3 Å². The van der Waals surface area contributed by atoms with Crippen molar-refractivity contribution in [3.63, 3.8) is 0 Å². The summed E-state index contributed by atoms with van der Waals surface area (Å²) in [6.07, 6.45) is 1.68. The van der Waals surface area contributed by atoms with Crippen molar-refractivity contribution in [3.8, 4) is 0 Å². The molecule has 0 radical (unpaired) electrons. The Hall–Kier alpha value is -1.93. The Morgan fingerprint density at radius 3 is 2.69 bits per heavy atom. The molecule has 4 rings (SSSR count). The number of likely N-dealkylation sites (tertiary alicyclic amines) is 1. The molecule has 0 aliphatic carbocycles. The SMILES string of the molecule is COC(=O)N1Cc2nnc(C)n2C2(CCN(Cc3ccc(C)s3)CC2)C1. The Balaban J connectivity index is 1.54. The van der Waals surface area contributed by atoms with Crippen LogP contribution in [-0.2, 0) is 23.4 Å². The maximum absolute atomic E-state index is 12.2. The molecular formula is C18H25N5O2S. The molecule has 4 heterocycles. The van der Waals surface area contributed by atoms with Crippen molar-refractivity contribution < 1.29 is 9.53 Å². The normalized spacial score (nSPS) is 19.6. The van der Waals surface area contributed by atoms with Crippen molar-refractivity contribution in [2.75, 3.05) is 26.7 Å². The minimum absolute atomic E-state index is 0.128. The first-order valence-corrected chi connectivity index (χ1v) is 9.84. The number of carbonyl (C=O) groups is 1. The van der Waals surface area contributed by atoms with Gasteiger partial charge in [0.25, 0.3) is 0 Å². The number of piperidine rings is 1. The van der Waals surface area contributed by atoms with Gasteiger partial charge in [-0.15, -0.1) is 21.5 Å². The number of hydrogen-bond acceptors (Lipinski definition) is 6. The van der Waals surface area contributed by atoms with Crippen molar-refractivity contribution in [2.24, 2.45) is 0 Å². The molecule has 0 saturated carbocycles. The lowest BCUT2D eigenvalue weighted by Crippen LogP contribution is -2.57. The molecule has 0 aromatic carbocycles. The average molecular weight is 375 g/mol. The Labute approximate surface area is 157 Å². The minimum Gasteiger partial charge on any atom is -0.453 e. The lowest BCUT2D eigenvalue weighted by Gasteiger charge is -2.48. The average Bonchev–Trinajstić information content (AvgIpc) is 3.22. The number of aryl methyl sites for hydroxylation is 2. The van der Waals surface area contributed by atoms with E-state index in [0.717, 1.165) is 44.1 Å². The molecule has 1 saturated heterocycles. The molecule has 2 aromatic rings. The van der Waals surface area contributed by atoms with Gasteiger partial charge in [0.15, 0.2) is 5.82 Å². The van der Waals surface area contributed by atoms with Crippen molar-refractivity contribution in [3.05, 3.63) is 33.5 Å². The monoisotopic (exact) mass is 375 g/mol. The van der Waals surface area contributed by atoms with Gasteiger partial charge >= 0.3 is 6.09 Å².